The van der Waals surface area contributed by atoms with E-state index >= 15 is 0 Å². The lowest BCUT2D eigenvalue weighted by atomic mass is 10.1. The van der Waals surface area contributed by atoms with E-state index in [-0.39, 0.29) is 11.7 Å². The van der Waals surface area contributed by atoms with Crippen LogP contribution in [-0.2, 0) is 6.42 Å². The van der Waals surface area contributed by atoms with E-state index in [1.165, 1.54) is 17.2 Å². The van der Waals surface area contributed by atoms with Crippen molar-refractivity contribution >= 4 is 17.3 Å². The smallest absolute Gasteiger partial charge is 0.269 e. The van der Waals surface area contributed by atoms with Gasteiger partial charge in [0.05, 0.1) is 11.9 Å². The summed E-state index contributed by atoms with van der Waals surface area (Å²) in [6.07, 6.45) is 2.06. The van der Waals surface area contributed by atoms with E-state index in [9.17, 15) is 9.18 Å². The molecule has 27 heavy (non-hydrogen) atoms. The van der Waals surface area contributed by atoms with Crippen LogP contribution in [0.2, 0.25) is 0 Å². The van der Waals surface area contributed by atoms with Gasteiger partial charge in [-0.15, -0.1) is 0 Å². The molecule has 2 N–H and O–H groups in total. The van der Waals surface area contributed by atoms with Gasteiger partial charge in [-0.05, 0) is 67.3 Å². The van der Waals surface area contributed by atoms with E-state index < -0.39 is 0 Å². The number of aromatic nitrogens is 1. The first-order valence-electron chi connectivity index (χ1n) is 8.85. The van der Waals surface area contributed by atoms with Crippen molar-refractivity contribution in [2.24, 2.45) is 0 Å². The Labute approximate surface area is 158 Å². The van der Waals surface area contributed by atoms with Crippen molar-refractivity contribution in [1.82, 2.24) is 10.3 Å². The summed E-state index contributed by atoms with van der Waals surface area (Å²) in [5.74, 6) is -0.532. The first kappa shape index (κ1) is 18.6. The van der Waals surface area contributed by atoms with Gasteiger partial charge in [0, 0.05) is 12.2 Å². The Morgan fingerprint density at radius 3 is 2.48 bits per heavy atom. The summed E-state index contributed by atoms with van der Waals surface area (Å²) in [5, 5.41) is 6.04. The molecule has 4 nitrogen and oxygen atoms in total. The molecular weight excluding hydrogens is 341 g/mol. The molecule has 0 radical (unpaired) electrons. The highest BCUT2D eigenvalue weighted by molar-refractivity contribution is 5.92. The molecule has 1 amide bonds. The second kappa shape index (κ2) is 8.45. The van der Waals surface area contributed by atoms with Gasteiger partial charge in [-0.1, -0.05) is 24.3 Å². The fourth-order valence-corrected chi connectivity index (χ4v) is 2.69. The van der Waals surface area contributed by atoms with E-state index in [0.29, 0.717) is 24.2 Å². The third-order valence-electron chi connectivity index (χ3n) is 4.43. The fourth-order valence-electron chi connectivity index (χ4n) is 2.69. The number of pyridine rings is 1. The Kier molecular flexibility index (Phi) is 5.81. The van der Waals surface area contributed by atoms with E-state index in [1.807, 2.05) is 12.1 Å². The monoisotopic (exact) mass is 363 g/mol. The van der Waals surface area contributed by atoms with Crippen LogP contribution in [0.15, 0.2) is 60.8 Å². The van der Waals surface area contributed by atoms with Gasteiger partial charge in [-0.25, -0.2) is 9.37 Å². The van der Waals surface area contributed by atoms with Crippen LogP contribution in [0, 0.1) is 19.7 Å². The predicted octanol–water partition coefficient (Wildman–Crippen LogP) is 4.55. The molecule has 0 aliphatic rings. The molecule has 2 aromatic carbocycles. The molecule has 5 heteroatoms. The van der Waals surface area contributed by atoms with Gasteiger partial charge in [0.15, 0.2) is 0 Å². The van der Waals surface area contributed by atoms with Crippen molar-refractivity contribution in [2.75, 3.05) is 11.9 Å². The number of amides is 1. The number of nitrogens with one attached hydrogen (secondary N) is 2. The Bertz CT molecular complexity index is 939. The number of aryl methyl sites for hydroxylation is 2. The van der Waals surface area contributed by atoms with Crippen molar-refractivity contribution in [3.8, 4) is 0 Å². The molecule has 0 fully saturated rings. The molecule has 0 spiro atoms. The molecule has 0 atom stereocenters. The minimum Gasteiger partial charge on any atom is -0.354 e. The van der Waals surface area contributed by atoms with Crippen molar-refractivity contribution in [2.45, 2.75) is 20.3 Å². The van der Waals surface area contributed by atoms with E-state index in [0.717, 1.165) is 11.4 Å². The normalized spacial score (nSPS) is 10.5. The fraction of sp³-hybridized carbons (Fsp3) is 0.182. The van der Waals surface area contributed by atoms with Gasteiger partial charge in [-0.3, -0.25) is 4.79 Å². The maximum Gasteiger partial charge on any atom is 0.269 e. The third kappa shape index (κ3) is 4.91. The minimum atomic E-state index is -0.274. The zero-order chi connectivity index (χ0) is 19.2. The number of nitrogens with zero attached hydrogens (tertiary/aromatic N) is 1. The van der Waals surface area contributed by atoms with Gasteiger partial charge in [-0.2, -0.15) is 0 Å². The number of hydrogen-bond donors (Lipinski definition) is 2. The molecule has 1 heterocycles. The Hall–Kier alpha value is -3.21. The lowest BCUT2D eigenvalue weighted by molar-refractivity contribution is 0.0949. The number of rotatable bonds is 6. The van der Waals surface area contributed by atoms with Crippen LogP contribution in [0.1, 0.15) is 27.2 Å². The topological polar surface area (TPSA) is 54.0 Å². The molecule has 1 aromatic heterocycles. The van der Waals surface area contributed by atoms with E-state index in [1.54, 1.807) is 30.5 Å². The number of benzene rings is 2. The van der Waals surface area contributed by atoms with Gasteiger partial charge in [0.25, 0.3) is 5.91 Å². The highest BCUT2D eigenvalue weighted by Gasteiger charge is 2.08. The molecule has 138 valence electrons. The van der Waals surface area contributed by atoms with Gasteiger partial charge < -0.3 is 10.6 Å². The van der Waals surface area contributed by atoms with Crippen molar-refractivity contribution in [3.05, 3.63) is 89.0 Å². The average molecular weight is 363 g/mol. The van der Waals surface area contributed by atoms with Crippen molar-refractivity contribution in [1.29, 1.82) is 0 Å². The molecule has 0 aliphatic carbocycles. The van der Waals surface area contributed by atoms with Crippen molar-refractivity contribution in [3.63, 3.8) is 0 Å². The van der Waals surface area contributed by atoms with Gasteiger partial charge >= 0.3 is 0 Å². The summed E-state index contributed by atoms with van der Waals surface area (Å²) in [5.41, 5.74) is 5.14. The Morgan fingerprint density at radius 1 is 1.00 bits per heavy atom. The predicted molar refractivity (Wildman–Crippen MR) is 106 cm³/mol. The standard InChI is InChI=1S/C22H22FN3O/c1-15-7-8-18(13-16(15)2)26-19-9-10-21(25-14-19)22(27)24-12-11-17-5-3-4-6-20(17)23/h3-10,13-14,26H,11-12H2,1-2H3,(H,24,27). The molecule has 3 rings (SSSR count). The molecule has 0 unspecified atom stereocenters. The van der Waals surface area contributed by atoms with Crippen LogP contribution in [0.4, 0.5) is 15.8 Å². The van der Waals surface area contributed by atoms with E-state index in [4.69, 9.17) is 0 Å². The number of anilines is 2. The minimum absolute atomic E-state index is 0.258. The molecule has 0 bridgehead atoms. The highest BCUT2D eigenvalue weighted by Crippen LogP contribution is 2.19. The SMILES string of the molecule is Cc1ccc(Nc2ccc(C(=O)NCCc3ccccc3F)nc2)cc1C. The summed E-state index contributed by atoms with van der Waals surface area (Å²) < 4.78 is 13.6. The summed E-state index contributed by atoms with van der Waals surface area (Å²) in [6, 6.07) is 16.2. The van der Waals surface area contributed by atoms with E-state index in [2.05, 4.69) is 41.6 Å². The quantitative estimate of drug-likeness (QED) is 0.675. The summed E-state index contributed by atoms with van der Waals surface area (Å²) in [4.78, 5) is 16.4. The first-order valence-corrected chi connectivity index (χ1v) is 8.85. The maximum absolute atomic E-state index is 13.6. The lowest BCUT2D eigenvalue weighted by Crippen LogP contribution is -2.26. The number of hydrogen-bond acceptors (Lipinski definition) is 3. The lowest BCUT2D eigenvalue weighted by Gasteiger charge is -2.09. The second-order valence-corrected chi connectivity index (χ2v) is 6.45. The molecule has 0 saturated carbocycles. The Balaban J connectivity index is 1.55. The summed E-state index contributed by atoms with van der Waals surface area (Å²) in [6.45, 7) is 4.48. The van der Waals surface area contributed by atoms with Crippen LogP contribution >= 0.6 is 0 Å². The molecular formula is C22H22FN3O. The first-order chi connectivity index (χ1) is 13.0. The second-order valence-electron chi connectivity index (χ2n) is 6.45. The van der Waals surface area contributed by atoms with Gasteiger partial charge in [0.1, 0.15) is 11.5 Å². The number of halogens is 1. The third-order valence-corrected chi connectivity index (χ3v) is 4.43. The maximum atomic E-state index is 13.6. The van der Waals surface area contributed by atoms with Crippen LogP contribution in [0.3, 0.4) is 0 Å². The summed E-state index contributed by atoms with van der Waals surface area (Å²) >= 11 is 0. The Morgan fingerprint density at radius 2 is 1.78 bits per heavy atom. The van der Waals surface area contributed by atoms with Crippen LogP contribution < -0.4 is 10.6 Å². The number of carbonyl (C=O) groups is 1. The zero-order valence-electron chi connectivity index (χ0n) is 15.4. The summed E-state index contributed by atoms with van der Waals surface area (Å²) in [7, 11) is 0. The van der Waals surface area contributed by atoms with Crippen molar-refractivity contribution < 1.29 is 9.18 Å². The average Bonchev–Trinajstić information content (AvgIpc) is 2.67. The highest BCUT2D eigenvalue weighted by atomic mass is 19.1. The molecule has 0 saturated heterocycles. The van der Waals surface area contributed by atoms with Crippen LogP contribution in [0.25, 0.3) is 0 Å². The number of carbonyl (C=O) groups excluding carboxylic acids is 1. The van der Waals surface area contributed by atoms with Crippen LogP contribution in [-0.4, -0.2) is 17.4 Å². The molecule has 3 aromatic rings. The van der Waals surface area contributed by atoms with Gasteiger partial charge in [0.2, 0.25) is 0 Å². The van der Waals surface area contributed by atoms with Crippen LogP contribution in [0.5, 0.6) is 0 Å². The zero-order valence-corrected chi connectivity index (χ0v) is 15.4. The molecule has 0 aliphatic heterocycles. The largest absolute Gasteiger partial charge is 0.354 e.